The topological polar surface area (TPSA) is 58.2 Å². The Morgan fingerprint density at radius 3 is 2.30 bits per heavy atom. The average Bonchev–Trinajstić information content (AvgIpc) is 2.89. The van der Waals surface area contributed by atoms with Crippen LogP contribution < -0.4 is 10.0 Å². The number of hydrogen-bond donors (Lipinski definition) is 2. The van der Waals surface area contributed by atoms with Crippen molar-refractivity contribution in [2.24, 2.45) is 0 Å². The van der Waals surface area contributed by atoms with Gasteiger partial charge in [0.1, 0.15) is 0 Å². The number of nitrogens with one attached hydrogen (secondary N) is 2. The van der Waals surface area contributed by atoms with Gasteiger partial charge < -0.3 is 5.32 Å². The van der Waals surface area contributed by atoms with E-state index in [1.807, 2.05) is 12.1 Å². The second-order valence-electron chi connectivity index (χ2n) is 5.78. The van der Waals surface area contributed by atoms with Crippen LogP contribution in [0.2, 0.25) is 0 Å². The van der Waals surface area contributed by atoms with Crippen LogP contribution in [-0.2, 0) is 16.6 Å². The molecule has 5 heteroatoms. The molecule has 0 spiro atoms. The molecular weight excluding hydrogens is 272 g/mol. The quantitative estimate of drug-likeness (QED) is 0.847. The predicted molar refractivity (Wildman–Crippen MR) is 81.0 cm³/mol. The van der Waals surface area contributed by atoms with Gasteiger partial charge in [-0.25, -0.2) is 13.1 Å². The molecule has 0 aromatic heterocycles. The van der Waals surface area contributed by atoms with E-state index in [1.54, 1.807) is 12.1 Å². The summed E-state index contributed by atoms with van der Waals surface area (Å²) in [6.07, 6.45) is 4.14. The first-order valence-electron chi connectivity index (χ1n) is 7.32. The van der Waals surface area contributed by atoms with Gasteiger partial charge >= 0.3 is 0 Å². The monoisotopic (exact) mass is 296 g/mol. The molecule has 0 saturated heterocycles. The minimum Gasteiger partial charge on any atom is -0.310 e. The van der Waals surface area contributed by atoms with Crippen molar-refractivity contribution in [2.45, 2.75) is 63.1 Å². The van der Waals surface area contributed by atoms with Crippen molar-refractivity contribution >= 4 is 10.0 Å². The zero-order chi connectivity index (χ0) is 14.6. The van der Waals surface area contributed by atoms with E-state index in [9.17, 15) is 8.42 Å². The van der Waals surface area contributed by atoms with Gasteiger partial charge in [0, 0.05) is 18.6 Å². The molecule has 0 unspecified atom stereocenters. The summed E-state index contributed by atoms with van der Waals surface area (Å²) in [7, 11) is -3.36. The molecule has 1 aromatic rings. The summed E-state index contributed by atoms with van der Waals surface area (Å²) >= 11 is 0. The van der Waals surface area contributed by atoms with Crippen LogP contribution in [0.5, 0.6) is 0 Å². The molecule has 4 nitrogen and oxygen atoms in total. The highest BCUT2D eigenvalue weighted by molar-refractivity contribution is 7.89. The fraction of sp³-hybridized carbons (Fsp3) is 0.600. The maximum Gasteiger partial charge on any atom is 0.240 e. The number of rotatable bonds is 6. The van der Waals surface area contributed by atoms with Crippen molar-refractivity contribution in [1.82, 2.24) is 10.0 Å². The van der Waals surface area contributed by atoms with Crippen LogP contribution in [0.3, 0.4) is 0 Å². The molecule has 2 rings (SSSR count). The van der Waals surface area contributed by atoms with Gasteiger partial charge in [-0.15, -0.1) is 0 Å². The van der Waals surface area contributed by atoms with Gasteiger partial charge in [0.05, 0.1) is 4.90 Å². The maximum absolute atomic E-state index is 12.2. The zero-order valence-corrected chi connectivity index (χ0v) is 13.0. The highest BCUT2D eigenvalue weighted by atomic mass is 32.2. The van der Waals surface area contributed by atoms with Crippen molar-refractivity contribution in [3.63, 3.8) is 0 Å². The molecule has 0 amide bonds. The van der Waals surface area contributed by atoms with Gasteiger partial charge in [0.2, 0.25) is 10.0 Å². The molecule has 112 valence electrons. The lowest BCUT2D eigenvalue weighted by Gasteiger charge is -2.13. The van der Waals surface area contributed by atoms with E-state index in [0.29, 0.717) is 10.9 Å². The molecule has 1 aliphatic rings. The molecule has 2 N–H and O–H groups in total. The van der Waals surface area contributed by atoms with Crippen LogP contribution in [0, 0.1) is 0 Å². The van der Waals surface area contributed by atoms with Crippen LogP contribution >= 0.6 is 0 Å². The third-order valence-electron chi connectivity index (χ3n) is 3.63. The van der Waals surface area contributed by atoms with Crippen molar-refractivity contribution < 1.29 is 8.42 Å². The van der Waals surface area contributed by atoms with Crippen LogP contribution in [0.15, 0.2) is 29.2 Å². The summed E-state index contributed by atoms with van der Waals surface area (Å²) < 4.78 is 27.3. The summed E-state index contributed by atoms with van der Waals surface area (Å²) in [4.78, 5) is 0.359. The van der Waals surface area contributed by atoms with Gasteiger partial charge in [-0.3, -0.25) is 0 Å². The third-order valence-corrected chi connectivity index (χ3v) is 5.16. The standard InChI is InChI=1S/C15H24N2O2S/c1-12(2)16-11-13-7-9-15(10-8-13)20(18,19)17-14-5-3-4-6-14/h7-10,12,14,16-17H,3-6,11H2,1-2H3. The Morgan fingerprint density at radius 2 is 1.75 bits per heavy atom. The molecule has 1 fully saturated rings. The lowest BCUT2D eigenvalue weighted by molar-refractivity contribution is 0.552. The molecule has 0 radical (unpaired) electrons. The van der Waals surface area contributed by atoms with Crippen LogP contribution in [0.4, 0.5) is 0 Å². The minimum atomic E-state index is -3.36. The van der Waals surface area contributed by atoms with E-state index in [1.165, 1.54) is 0 Å². The van der Waals surface area contributed by atoms with Crippen molar-refractivity contribution in [3.05, 3.63) is 29.8 Å². The van der Waals surface area contributed by atoms with E-state index in [0.717, 1.165) is 37.8 Å². The second kappa shape index (κ2) is 6.70. The van der Waals surface area contributed by atoms with E-state index in [2.05, 4.69) is 23.9 Å². The molecule has 1 saturated carbocycles. The summed E-state index contributed by atoms with van der Waals surface area (Å²) in [6.45, 7) is 4.93. The van der Waals surface area contributed by atoms with E-state index in [4.69, 9.17) is 0 Å². The van der Waals surface area contributed by atoms with Crippen LogP contribution in [0.25, 0.3) is 0 Å². The highest BCUT2D eigenvalue weighted by Gasteiger charge is 2.22. The summed E-state index contributed by atoms with van der Waals surface area (Å²) in [6, 6.07) is 7.66. The molecule has 0 bridgehead atoms. The van der Waals surface area contributed by atoms with Crippen molar-refractivity contribution in [3.8, 4) is 0 Å². The Kier molecular flexibility index (Phi) is 5.18. The van der Waals surface area contributed by atoms with Crippen LogP contribution in [-0.4, -0.2) is 20.5 Å². The number of benzene rings is 1. The van der Waals surface area contributed by atoms with Gasteiger partial charge in [0.25, 0.3) is 0 Å². The Bertz CT molecular complexity index is 517. The molecule has 1 aliphatic carbocycles. The first kappa shape index (κ1) is 15.5. The van der Waals surface area contributed by atoms with Crippen molar-refractivity contribution in [1.29, 1.82) is 0 Å². The normalized spacial score (nSPS) is 16.9. The Balaban J connectivity index is 2.00. The smallest absolute Gasteiger partial charge is 0.240 e. The fourth-order valence-corrected chi connectivity index (χ4v) is 3.74. The number of hydrogen-bond acceptors (Lipinski definition) is 3. The molecule has 0 atom stereocenters. The zero-order valence-electron chi connectivity index (χ0n) is 12.2. The van der Waals surface area contributed by atoms with E-state index in [-0.39, 0.29) is 6.04 Å². The van der Waals surface area contributed by atoms with Gasteiger partial charge in [0.15, 0.2) is 0 Å². The summed E-state index contributed by atoms with van der Waals surface area (Å²) in [5.74, 6) is 0. The van der Waals surface area contributed by atoms with Crippen LogP contribution in [0.1, 0.15) is 45.1 Å². The molecule has 20 heavy (non-hydrogen) atoms. The van der Waals surface area contributed by atoms with Gasteiger partial charge in [-0.1, -0.05) is 38.8 Å². The largest absolute Gasteiger partial charge is 0.310 e. The second-order valence-corrected chi connectivity index (χ2v) is 7.50. The third kappa shape index (κ3) is 4.30. The maximum atomic E-state index is 12.2. The minimum absolute atomic E-state index is 0.113. The van der Waals surface area contributed by atoms with Gasteiger partial charge in [-0.2, -0.15) is 0 Å². The van der Waals surface area contributed by atoms with E-state index < -0.39 is 10.0 Å². The SMILES string of the molecule is CC(C)NCc1ccc(S(=O)(=O)NC2CCCC2)cc1. The van der Waals surface area contributed by atoms with E-state index >= 15 is 0 Å². The first-order valence-corrected chi connectivity index (χ1v) is 8.80. The van der Waals surface area contributed by atoms with Gasteiger partial charge in [-0.05, 0) is 30.5 Å². The molecule has 0 heterocycles. The predicted octanol–water partition coefficient (Wildman–Crippen LogP) is 2.41. The van der Waals surface area contributed by atoms with Crippen molar-refractivity contribution in [2.75, 3.05) is 0 Å². The Labute approximate surface area is 122 Å². The molecule has 0 aliphatic heterocycles. The number of sulfonamides is 1. The molecule has 1 aromatic carbocycles. The average molecular weight is 296 g/mol. The summed E-state index contributed by atoms with van der Waals surface area (Å²) in [5, 5.41) is 3.31. The lowest BCUT2D eigenvalue weighted by Crippen LogP contribution is -2.32. The Morgan fingerprint density at radius 1 is 1.15 bits per heavy atom. The summed E-state index contributed by atoms with van der Waals surface area (Å²) in [5.41, 5.74) is 1.10. The highest BCUT2D eigenvalue weighted by Crippen LogP contribution is 2.20. The fourth-order valence-electron chi connectivity index (χ4n) is 2.44. The Hall–Kier alpha value is -0.910. The molecular formula is C15H24N2O2S. The lowest BCUT2D eigenvalue weighted by atomic mass is 10.2. The first-order chi connectivity index (χ1) is 9.47.